The standard InChI is InChI=1S/C12H14F2N2O5.ClH/c1-3-21-11(18)12(13,14)10(15)8-7(16(19)20)5-4-6(2)9(8)17;/h4-5,10,17H,3,15H2,1-2H3;1H/t10-;/m0./s1. The summed E-state index contributed by atoms with van der Waals surface area (Å²) in [6, 6.07) is -0.283. The van der Waals surface area contributed by atoms with Crippen molar-refractivity contribution in [2.24, 2.45) is 5.73 Å². The van der Waals surface area contributed by atoms with Crippen LogP contribution in [0.25, 0.3) is 0 Å². The Labute approximate surface area is 130 Å². The minimum Gasteiger partial charge on any atom is -0.507 e. The molecule has 22 heavy (non-hydrogen) atoms. The van der Waals surface area contributed by atoms with E-state index in [0.717, 1.165) is 6.07 Å². The lowest BCUT2D eigenvalue weighted by molar-refractivity contribution is -0.386. The van der Waals surface area contributed by atoms with E-state index in [9.17, 15) is 28.8 Å². The summed E-state index contributed by atoms with van der Waals surface area (Å²) < 4.78 is 32.0. The average Bonchev–Trinajstić information content (AvgIpc) is 2.40. The minimum atomic E-state index is -4.22. The lowest BCUT2D eigenvalue weighted by Gasteiger charge is -2.22. The van der Waals surface area contributed by atoms with Crippen molar-refractivity contribution in [3.8, 4) is 5.75 Å². The smallest absolute Gasteiger partial charge is 0.379 e. The molecule has 0 heterocycles. The van der Waals surface area contributed by atoms with Gasteiger partial charge in [0.25, 0.3) is 5.69 Å². The van der Waals surface area contributed by atoms with Gasteiger partial charge in [0.15, 0.2) is 0 Å². The topological polar surface area (TPSA) is 116 Å². The normalized spacial score (nSPS) is 12.2. The number of carbonyl (C=O) groups excluding carboxylic acids is 1. The summed E-state index contributed by atoms with van der Waals surface area (Å²) in [6.45, 7) is 2.38. The maximum atomic E-state index is 13.9. The molecule has 1 aromatic carbocycles. The highest BCUT2D eigenvalue weighted by Crippen LogP contribution is 2.41. The molecule has 0 aromatic heterocycles. The van der Waals surface area contributed by atoms with Crippen LogP contribution in [0.15, 0.2) is 12.1 Å². The number of benzene rings is 1. The Bertz CT molecular complexity index is 583. The molecule has 1 aromatic rings. The van der Waals surface area contributed by atoms with Crippen LogP contribution in [0.1, 0.15) is 24.1 Å². The van der Waals surface area contributed by atoms with Crippen molar-refractivity contribution in [2.75, 3.05) is 6.61 Å². The summed E-state index contributed by atoms with van der Waals surface area (Å²) in [6.07, 6.45) is 0. The molecule has 0 fully saturated rings. The van der Waals surface area contributed by atoms with E-state index >= 15 is 0 Å². The van der Waals surface area contributed by atoms with Crippen LogP contribution in [-0.2, 0) is 9.53 Å². The molecule has 0 saturated carbocycles. The first-order chi connectivity index (χ1) is 9.64. The highest BCUT2D eigenvalue weighted by atomic mass is 35.5. The van der Waals surface area contributed by atoms with Crippen molar-refractivity contribution >= 4 is 24.1 Å². The van der Waals surface area contributed by atoms with Crippen LogP contribution in [0.4, 0.5) is 14.5 Å². The van der Waals surface area contributed by atoms with Crippen LogP contribution in [-0.4, -0.2) is 28.5 Å². The summed E-state index contributed by atoms with van der Waals surface area (Å²) in [5.41, 5.74) is 3.81. The monoisotopic (exact) mass is 340 g/mol. The Kier molecular flexibility index (Phi) is 6.65. The highest BCUT2D eigenvalue weighted by molar-refractivity contribution is 5.85. The third kappa shape index (κ3) is 3.60. The lowest BCUT2D eigenvalue weighted by Crippen LogP contribution is -2.42. The van der Waals surface area contributed by atoms with E-state index in [1.165, 1.54) is 19.9 Å². The number of nitro groups is 1. The molecular formula is C12H15ClF2N2O5. The molecule has 0 aliphatic carbocycles. The number of aromatic hydroxyl groups is 1. The zero-order valence-electron chi connectivity index (χ0n) is 11.7. The van der Waals surface area contributed by atoms with Crippen LogP contribution in [0, 0.1) is 17.0 Å². The highest BCUT2D eigenvalue weighted by Gasteiger charge is 2.50. The van der Waals surface area contributed by atoms with E-state index in [2.05, 4.69) is 4.74 Å². The second-order valence-electron chi connectivity index (χ2n) is 4.24. The molecular weight excluding hydrogens is 326 g/mol. The molecule has 1 rings (SSSR count). The van der Waals surface area contributed by atoms with Gasteiger partial charge in [-0.2, -0.15) is 8.78 Å². The van der Waals surface area contributed by atoms with E-state index in [0.29, 0.717) is 0 Å². The van der Waals surface area contributed by atoms with Crippen molar-refractivity contribution in [2.45, 2.75) is 25.8 Å². The first kappa shape index (κ1) is 20.0. The number of phenolic OH excluding ortho intramolecular Hbond substituents is 1. The molecule has 0 radical (unpaired) electrons. The van der Waals surface area contributed by atoms with Gasteiger partial charge in [0.2, 0.25) is 0 Å². The number of hydrogen-bond acceptors (Lipinski definition) is 6. The Balaban J connectivity index is 0.00000441. The van der Waals surface area contributed by atoms with Gasteiger partial charge in [-0.05, 0) is 25.5 Å². The van der Waals surface area contributed by atoms with Gasteiger partial charge < -0.3 is 15.6 Å². The van der Waals surface area contributed by atoms with Crippen LogP contribution >= 0.6 is 12.4 Å². The fraction of sp³-hybridized carbons (Fsp3) is 0.417. The number of halogens is 3. The molecule has 0 bridgehead atoms. The molecule has 3 N–H and O–H groups in total. The Morgan fingerprint density at radius 2 is 2.09 bits per heavy atom. The predicted molar refractivity (Wildman–Crippen MR) is 75.3 cm³/mol. The van der Waals surface area contributed by atoms with Crippen LogP contribution in [0.5, 0.6) is 5.75 Å². The average molecular weight is 341 g/mol. The van der Waals surface area contributed by atoms with Gasteiger partial charge in [-0.1, -0.05) is 0 Å². The molecule has 0 aliphatic rings. The molecule has 0 spiro atoms. The van der Waals surface area contributed by atoms with Crippen molar-refractivity contribution < 1.29 is 28.3 Å². The van der Waals surface area contributed by atoms with Gasteiger partial charge in [-0.3, -0.25) is 10.1 Å². The largest absolute Gasteiger partial charge is 0.507 e. The molecule has 10 heteroatoms. The lowest BCUT2D eigenvalue weighted by atomic mass is 9.96. The number of hydrogen-bond donors (Lipinski definition) is 2. The summed E-state index contributed by atoms with van der Waals surface area (Å²) in [5.74, 6) is -6.88. The summed E-state index contributed by atoms with van der Waals surface area (Å²) in [4.78, 5) is 21.2. The van der Waals surface area contributed by atoms with E-state index in [1.807, 2.05) is 0 Å². The molecule has 0 amide bonds. The number of nitrogens with two attached hydrogens (primary N) is 1. The molecule has 7 nitrogen and oxygen atoms in total. The Morgan fingerprint density at radius 3 is 2.55 bits per heavy atom. The number of rotatable bonds is 5. The number of aryl methyl sites for hydroxylation is 1. The third-order valence-electron chi connectivity index (χ3n) is 2.84. The number of nitro benzene ring substituents is 1. The Morgan fingerprint density at radius 1 is 1.55 bits per heavy atom. The second-order valence-corrected chi connectivity index (χ2v) is 4.24. The van der Waals surface area contributed by atoms with E-state index < -0.39 is 39.9 Å². The van der Waals surface area contributed by atoms with Crippen LogP contribution in [0.2, 0.25) is 0 Å². The number of esters is 1. The van der Waals surface area contributed by atoms with Crippen molar-refractivity contribution in [3.05, 3.63) is 33.4 Å². The van der Waals surface area contributed by atoms with Crippen molar-refractivity contribution in [1.29, 1.82) is 0 Å². The SMILES string of the molecule is CCOC(=O)C(F)(F)[C@@H](N)c1c([N+](=O)[O-])ccc(C)c1O.Cl. The number of alkyl halides is 2. The molecule has 0 unspecified atom stereocenters. The predicted octanol–water partition coefficient (Wildman–Crippen LogP) is 2.23. The van der Waals surface area contributed by atoms with E-state index in [4.69, 9.17) is 5.73 Å². The van der Waals surface area contributed by atoms with E-state index in [1.54, 1.807) is 0 Å². The van der Waals surface area contributed by atoms with Crippen molar-refractivity contribution in [1.82, 2.24) is 0 Å². The van der Waals surface area contributed by atoms with Crippen LogP contribution in [0.3, 0.4) is 0 Å². The van der Waals surface area contributed by atoms with Crippen molar-refractivity contribution in [3.63, 3.8) is 0 Å². The van der Waals surface area contributed by atoms with Gasteiger partial charge in [-0.15, -0.1) is 12.4 Å². The molecule has 124 valence electrons. The minimum absolute atomic E-state index is 0. The number of carbonyl (C=O) groups is 1. The fourth-order valence-corrected chi connectivity index (χ4v) is 1.71. The second kappa shape index (κ2) is 7.32. The number of ether oxygens (including phenoxy) is 1. The molecule has 1 atom stereocenters. The first-order valence-electron chi connectivity index (χ1n) is 5.92. The molecule has 0 saturated heterocycles. The third-order valence-corrected chi connectivity index (χ3v) is 2.84. The van der Waals surface area contributed by atoms with Crippen LogP contribution < -0.4 is 5.73 Å². The quantitative estimate of drug-likeness (QED) is 0.482. The fourth-order valence-electron chi connectivity index (χ4n) is 1.71. The Hall–Kier alpha value is -2.00. The van der Waals surface area contributed by atoms with Gasteiger partial charge in [-0.25, -0.2) is 4.79 Å². The maximum absolute atomic E-state index is 13.9. The van der Waals surface area contributed by atoms with Gasteiger partial charge in [0.05, 0.1) is 17.1 Å². The van der Waals surface area contributed by atoms with Gasteiger partial charge in [0.1, 0.15) is 11.8 Å². The maximum Gasteiger partial charge on any atom is 0.379 e. The number of phenols is 1. The zero-order chi connectivity index (χ0) is 16.4. The van der Waals surface area contributed by atoms with Gasteiger partial charge >= 0.3 is 11.9 Å². The zero-order valence-corrected chi connectivity index (χ0v) is 12.5. The summed E-state index contributed by atoms with van der Waals surface area (Å²) in [7, 11) is 0. The van der Waals surface area contributed by atoms with E-state index in [-0.39, 0.29) is 24.6 Å². The first-order valence-corrected chi connectivity index (χ1v) is 5.92. The molecule has 0 aliphatic heterocycles. The number of nitrogens with zero attached hydrogens (tertiary/aromatic N) is 1. The van der Waals surface area contributed by atoms with Gasteiger partial charge in [0, 0.05) is 6.07 Å². The summed E-state index contributed by atoms with van der Waals surface area (Å²) in [5, 5.41) is 20.7. The summed E-state index contributed by atoms with van der Waals surface area (Å²) >= 11 is 0.